The summed E-state index contributed by atoms with van der Waals surface area (Å²) in [5.74, 6) is 1.89. The van der Waals surface area contributed by atoms with Crippen LogP contribution < -0.4 is 10.1 Å². The van der Waals surface area contributed by atoms with Gasteiger partial charge < -0.3 is 19.7 Å². The number of rotatable bonds is 12. The van der Waals surface area contributed by atoms with Gasteiger partial charge in [0.25, 0.3) is 0 Å². The van der Waals surface area contributed by atoms with Crippen LogP contribution in [0.1, 0.15) is 50.7 Å². The lowest BCUT2D eigenvalue weighted by atomic mass is 10.0. The summed E-state index contributed by atoms with van der Waals surface area (Å²) in [4.78, 5) is 17.6. The smallest absolute Gasteiger partial charge is 0.120 e. The number of carbonyl (C=O) groups is 1. The fourth-order valence-electron chi connectivity index (χ4n) is 3.34. The molecule has 1 aliphatic heterocycles. The Labute approximate surface area is 169 Å². The summed E-state index contributed by atoms with van der Waals surface area (Å²) in [5.41, 5.74) is 3.87. The van der Waals surface area contributed by atoms with Crippen LogP contribution in [0, 0.1) is 0 Å². The second kappa shape index (κ2) is 12.3. The van der Waals surface area contributed by atoms with Gasteiger partial charge in [-0.2, -0.15) is 0 Å². The lowest BCUT2D eigenvalue weighted by molar-refractivity contribution is -0.107. The van der Waals surface area contributed by atoms with Gasteiger partial charge in [0.1, 0.15) is 17.9 Å². The first-order valence-corrected chi connectivity index (χ1v) is 10.4. The molecule has 1 aliphatic rings. The molecule has 0 aliphatic carbocycles. The summed E-state index contributed by atoms with van der Waals surface area (Å²) in [6, 6.07) is 6.27. The number of nitrogens with zero attached hydrogens (tertiary/aromatic N) is 2. The topological polar surface area (TPSA) is 53.9 Å². The summed E-state index contributed by atoms with van der Waals surface area (Å²) in [6.45, 7) is 8.68. The Balaban J connectivity index is 1.84. The molecule has 154 valence electrons. The third-order valence-electron chi connectivity index (χ3n) is 4.82. The van der Waals surface area contributed by atoms with E-state index in [-0.39, 0.29) is 0 Å². The minimum absolute atomic E-state index is 0.564. The number of nitrogens with one attached hydrogen (secondary N) is 1. The molecule has 0 saturated heterocycles. The summed E-state index contributed by atoms with van der Waals surface area (Å²) in [6.07, 6.45) is 7.58. The van der Waals surface area contributed by atoms with Gasteiger partial charge in [-0.25, -0.2) is 0 Å². The quantitative estimate of drug-likeness (QED) is 0.440. The molecule has 0 amide bonds. The van der Waals surface area contributed by atoms with Crippen molar-refractivity contribution in [2.75, 3.05) is 33.3 Å². The van der Waals surface area contributed by atoms with Crippen molar-refractivity contribution >= 4 is 12.1 Å². The number of hydrogen-bond donors (Lipinski definition) is 1. The number of benzene rings is 1. The fraction of sp³-hybridized carbons (Fsp3) is 0.565. The van der Waals surface area contributed by atoms with Crippen LogP contribution in [0.2, 0.25) is 0 Å². The van der Waals surface area contributed by atoms with Gasteiger partial charge in [0.2, 0.25) is 0 Å². The van der Waals surface area contributed by atoms with Crippen molar-refractivity contribution in [3.8, 4) is 5.75 Å². The Morgan fingerprint density at radius 2 is 2.18 bits per heavy atom. The SMILES string of the molecule is CCCN(C)Cc1cc(OCCCNC2=NCCC(C)=C2)ccc1CCC=O. The van der Waals surface area contributed by atoms with Gasteiger partial charge in [-0.1, -0.05) is 18.6 Å². The summed E-state index contributed by atoms with van der Waals surface area (Å²) < 4.78 is 5.97. The van der Waals surface area contributed by atoms with E-state index in [2.05, 4.69) is 54.3 Å². The fourth-order valence-corrected chi connectivity index (χ4v) is 3.34. The van der Waals surface area contributed by atoms with Gasteiger partial charge in [-0.15, -0.1) is 0 Å². The highest BCUT2D eigenvalue weighted by molar-refractivity contribution is 5.94. The van der Waals surface area contributed by atoms with Crippen LogP contribution >= 0.6 is 0 Å². The van der Waals surface area contributed by atoms with Crippen molar-refractivity contribution in [2.45, 2.75) is 52.5 Å². The Kier molecular flexibility index (Phi) is 9.77. The zero-order valence-corrected chi connectivity index (χ0v) is 17.7. The molecule has 0 aromatic heterocycles. The number of hydrogen-bond acceptors (Lipinski definition) is 5. The Hall–Kier alpha value is -2.14. The Morgan fingerprint density at radius 1 is 1.32 bits per heavy atom. The van der Waals surface area contributed by atoms with Crippen LogP contribution in [-0.2, 0) is 17.8 Å². The predicted molar refractivity (Wildman–Crippen MR) is 116 cm³/mol. The van der Waals surface area contributed by atoms with E-state index in [0.717, 1.165) is 69.7 Å². The van der Waals surface area contributed by atoms with E-state index in [0.29, 0.717) is 13.0 Å². The van der Waals surface area contributed by atoms with Crippen molar-refractivity contribution in [1.82, 2.24) is 10.2 Å². The van der Waals surface area contributed by atoms with Gasteiger partial charge in [0, 0.05) is 26.1 Å². The van der Waals surface area contributed by atoms with Crippen LogP contribution in [0.3, 0.4) is 0 Å². The third kappa shape index (κ3) is 7.85. The molecule has 5 nitrogen and oxygen atoms in total. The molecule has 0 saturated carbocycles. The Morgan fingerprint density at radius 3 is 2.93 bits per heavy atom. The Bertz CT molecular complexity index is 682. The number of aldehydes is 1. The van der Waals surface area contributed by atoms with E-state index in [1.165, 1.54) is 16.7 Å². The number of dihydropyridines is 1. The molecule has 0 bridgehead atoms. The van der Waals surface area contributed by atoms with E-state index in [4.69, 9.17) is 4.74 Å². The van der Waals surface area contributed by atoms with E-state index < -0.39 is 0 Å². The molecular weight excluding hydrogens is 350 g/mol. The lowest BCUT2D eigenvalue weighted by Crippen LogP contribution is -2.26. The van der Waals surface area contributed by atoms with Crippen LogP contribution in [0.25, 0.3) is 0 Å². The van der Waals surface area contributed by atoms with Crippen LogP contribution in [-0.4, -0.2) is 50.3 Å². The van der Waals surface area contributed by atoms with Gasteiger partial charge in [0.05, 0.1) is 6.61 Å². The first-order valence-electron chi connectivity index (χ1n) is 10.4. The highest BCUT2D eigenvalue weighted by Gasteiger charge is 2.08. The highest BCUT2D eigenvalue weighted by atomic mass is 16.5. The van der Waals surface area contributed by atoms with E-state index >= 15 is 0 Å². The predicted octanol–water partition coefficient (Wildman–Crippen LogP) is 3.77. The summed E-state index contributed by atoms with van der Waals surface area (Å²) in [7, 11) is 2.14. The van der Waals surface area contributed by atoms with Crippen molar-refractivity contribution in [3.05, 3.63) is 41.0 Å². The highest BCUT2D eigenvalue weighted by Crippen LogP contribution is 2.21. The van der Waals surface area contributed by atoms with Crippen molar-refractivity contribution in [2.24, 2.45) is 4.99 Å². The van der Waals surface area contributed by atoms with Gasteiger partial charge >= 0.3 is 0 Å². The molecule has 0 atom stereocenters. The molecule has 0 fully saturated rings. The van der Waals surface area contributed by atoms with Gasteiger partial charge in [-0.3, -0.25) is 4.99 Å². The number of aliphatic imine (C=N–C) groups is 1. The molecule has 5 heteroatoms. The molecule has 1 aromatic carbocycles. The minimum atomic E-state index is 0.564. The molecule has 28 heavy (non-hydrogen) atoms. The molecule has 1 N–H and O–H groups in total. The van der Waals surface area contributed by atoms with E-state index in [1.54, 1.807) is 0 Å². The second-order valence-corrected chi connectivity index (χ2v) is 7.51. The zero-order chi connectivity index (χ0) is 20.2. The maximum absolute atomic E-state index is 10.8. The first kappa shape index (κ1) is 22.2. The molecule has 0 spiro atoms. The summed E-state index contributed by atoms with van der Waals surface area (Å²) >= 11 is 0. The molecule has 1 aromatic rings. The van der Waals surface area contributed by atoms with Crippen LogP contribution in [0.5, 0.6) is 5.75 Å². The minimum Gasteiger partial charge on any atom is -0.494 e. The summed E-state index contributed by atoms with van der Waals surface area (Å²) in [5, 5.41) is 3.38. The molecule has 0 radical (unpaired) electrons. The second-order valence-electron chi connectivity index (χ2n) is 7.51. The van der Waals surface area contributed by atoms with Crippen molar-refractivity contribution in [1.29, 1.82) is 0 Å². The van der Waals surface area contributed by atoms with Crippen LogP contribution in [0.4, 0.5) is 0 Å². The molecule has 1 heterocycles. The van der Waals surface area contributed by atoms with E-state index in [1.807, 2.05) is 6.07 Å². The monoisotopic (exact) mass is 385 g/mol. The standard InChI is InChI=1S/C23H35N3O2/c1-4-13-26(3)18-21-17-22(9-8-20(21)7-5-14-27)28-15-6-11-24-23-16-19(2)10-12-25-23/h8-9,14,16-17H,4-7,10-13,15,18H2,1-3H3,(H,24,25). The number of amidine groups is 1. The number of ether oxygens (including phenoxy) is 1. The molecular formula is C23H35N3O2. The van der Waals surface area contributed by atoms with E-state index in [9.17, 15) is 4.79 Å². The zero-order valence-electron chi connectivity index (χ0n) is 17.7. The molecule has 0 unspecified atom stereocenters. The van der Waals surface area contributed by atoms with Gasteiger partial charge in [0.15, 0.2) is 0 Å². The maximum atomic E-state index is 10.8. The lowest BCUT2D eigenvalue weighted by Gasteiger charge is -2.19. The van der Waals surface area contributed by atoms with Crippen molar-refractivity contribution < 1.29 is 9.53 Å². The van der Waals surface area contributed by atoms with Gasteiger partial charge in [-0.05, 0) is 75.5 Å². The van der Waals surface area contributed by atoms with Crippen molar-refractivity contribution in [3.63, 3.8) is 0 Å². The number of aryl methyl sites for hydroxylation is 1. The molecule has 2 rings (SSSR count). The average Bonchev–Trinajstić information content (AvgIpc) is 2.67. The largest absolute Gasteiger partial charge is 0.494 e. The first-order chi connectivity index (χ1) is 13.6. The van der Waals surface area contributed by atoms with Crippen LogP contribution in [0.15, 0.2) is 34.8 Å². The average molecular weight is 386 g/mol. The normalized spacial score (nSPS) is 13.9. The third-order valence-corrected chi connectivity index (χ3v) is 4.82. The maximum Gasteiger partial charge on any atom is 0.120 e. The number of carbonyl (C=O) groups excluding carboxylic acids is 1.